The number of allylic oxidation sites excluding steroid dienone is 2. The van der Waals surface area contributed by atoms with Crippen LogP contribution < -0.4 is 4.89 Å². The highest BCUT2D eigenvalue weighted by molar-refractivity contribution is 5.74. The van der Waals surface area contributed by atoms with Crippen LogP contribution in [-0.2, 0) is 17.7 Å². The Bertz CT molecular complexity index is 897. The van der Waals surface area contributed by atoms with Crippen molar-refractivity contribution in [2.75, 3.05) is 6.61 Å². The predicted molar refractivity (Wildman–Crippen MR) is 155 cm³/mol. The summed E-state index contributed by atoms with van der Waals surface area (Å²) in [5.41, 5.74) is 5.27. The largest absolute Gasteiger partial charge is 0.337 e. The Hall–Kier alpha value is -2.32. The Balaban J connectivity index is 1.32. The van der Waals surface area contributed by atoms with Crippen LogP contribution in [0.4, 0.5) is 0 Å². The van der Waals surface area contributed by atoms with Crippen molar-refractivity contribution in [1.82, 2.24) is 0 Å². The summed E-state index contributed by atoms with van der Waals surface area (Å²) < 4.78 is 0. The van der Waals surface area contributed by atoms with Crippen molar-refractivity contribution < 1.29 is 9.78 Å². The fraction of sp³-hybridized carbons (Fsp3) is 0.529. The van der Waals surface area contributed by atoms with E-state index in [0.717, 1.165) is 18.6 Å². The van der Waals surface area contributed by atoms with Gasteiger partial charge in [-0.05, 0) is 61.3 Å². The molecule has 0 saturated carbocycles. The van der Waals surface area contributed by atoms with Gasteiger partial charge in [0.25, 0.3) is 0 Å². The molecule has 1 aliphatic rings. The van der Waals surface area contributed by atoms with E-state index in [1.54, 1.807) is 0 Å². The summed E-state index contributed by atoms with van der Waals surface area (Å²) in [6.45, 7) is 2.91. The van der Waals surface area contributed by atoms with Gasteiger partial charge in [-0.15, -0.1) is 0 Å². The van der Waals surface area contributed by atoms with Crippen molar-refractivity contribution in [3.05, 3.63) is 76.9 Å². The molecule has 0 unspecified atom stereocenters. The Morgan fingerprint density at radius 2 is 1.36 bits per heavy atom. The predicted octanol–water partition coefficient (Wildman–Crippen LogP) is 10.3. The Morgan fingerprint density at radius 1 is 0.694 bits per heavy atom. The van der Waals surface area contributed by atoms with Crippen molar-refractivity contribution in [1.29, 1.82) is 0 Å². The number of hydrogen-bond donors (Lipinski definition) is 0. The van der Waals surface area contributed by atoms with Gasteiger partial charge in [0.15, 0.2) is 5.75 Å². The highest BCUT2D eigenvalue weighted by Crippen LogP contribution is 2.32. The monoisotopic (exact) mass is 488 g/mol. The average molecular weight is 489 g/mol. The zero-order valence-corrected chi connectivity index (χ0v) is 22.7. The lowest BCUT2D eigenvalue weighted by molar-refractivity contribution is -0.215. The molecule has 0 aromatic heterocycles. The molecule has 2 nitrogen and oxygen atoms in total. The number of hydrogen-bond acceptors (Lipinski definition) is 2. The summed E-state index contributed by atoms with van der Waals surface area (Å²) in [4.78, 5) is 10.7. The normalized spacial score (nSPS) is 13.4. The Morgan fingerprint density at radius 3 is 2.08 bits per heavy atom. The van der Waals surface area contributed by atoms with Crippen LogP contribution in [0.25, 0.3) is 12.2 Å². The SMILES string of the molecule is CCCCCCCCC=CCCCCCCCCc1ccc2c(c1C=Cc1ccccc1)CCOO2. The summed E-state index contributed by atoms with van der Waals surface area (Å²) in [7, 11) is 0. The third-order valence-corrected chi connectivity index (χ3v) is 7.19. The molecule has 0 radical (unpaired) electrons. The van der Waals surface area contributed by atoms with E-state index in [2.05, 4.69) is 73.7 Å². The van der Waals surface area contributed by atoms with Crippen molar-refractivity contribution in [3.63, 3.8) is 0 Å². The topological polar surface area (TPSA) is 18.5 Å². The molecule has 2 aromatic rings. The lowest BCUT2D eigenvalue weighted by Gasteiger charge is -2.20. The van der Waals surface area contributed by atoms with Crippen molar-refractivity contribution in [2.24, 2.45) is 0 Å². The van der Waals surface area contributed by atoms with Crippen LogP contribution in [0.5, 0.6) is 5.75 Å². The van der Waals surface area contributed by atoms with E-state index in [1.807, 2.05) is 0 Å². The van der Waals surface area contributed by atoms with Crippen molar-refractivity contribution >= 4 is 12.2 Å². The standard InChI is InChI=1S/C34H48O2/c1-2-3-4-5-6-7-8-9-10-11-12-13-14-15-16-20-23-31-25-27-34-33(28-29-35-36-34)32(31)26-24-30-21-18-17-19-22-30/h9-10,17-19,21-22,24-27H,2-8,11-16,20,23,28-29H2,1H3. The summed E-state index contributed by atoms with van der Waals surface area (Å²) >= 11 is 0. The van der Waals surface area contributed by atoms with E-state index in [4.69, 9.17) is 9.78 Å². The van der Waals surface area contributed by atoms with Crippen LogP contribution in [0.2, 0.25) is 0 Å². The molecular weight excluding hydrogens is 440 g/mol. The smallest absolute Gasteiger partial charge is 0.169 e. The van der Waals surface area contributed by atoms with E-state index >= 15 is 0 Å². The fourth-order valence-electron chi connectivity index (χ4n) is 5.01. The number of aryl methyl sites for hydroxylation is 1. The Labute approximate surface area is 220 Å². The third-order valence-electron chi connectivity index (χ3n) is 7.19. The lowest BCUT2D eigenvalue weighted by Crippen LogP contribution is -2.13. The summed E-state index contributed by atoms with van der Waals surface area (Å²) in [6.07, 6.45) is 30.2. The number of fused-ring (bicyclic) bond motifs is 1. The van der Waals surface area contributed by atoms with Crippen LogP contribution in [0.3, 0.4) is 0 Å². The first-order chi connectivity index (χ1) is 17.9. The second-order valence-electron chi connectivity index (χ2n) is 10.2. The third kappa shape index (κ3) is 10.7. The molecule has 0 saturated heterocycles. The molecule has 0 amide bonds. The fourth-order valence-corrected chi connectivity index (χ4v) is 5.01. The highest BCUT2D eigenvalue weighted by Gasteiger charge is 2.17. The molecule has 2 aromatic carbocycles. The van der Waals surface area contributed by atoms with Crippen LogP contribution in [0, 0.1) is 0 Å². The first kappa shape index (κ1) is 28.3. The van der Waals surface area contributed by atoms with Crippen molar-refractivity contribution in [3.8, 4) is 5.75 Å². The van der Waals surface area contributed by atoms with Gasteiger partial charge in [-0.3, -0.25) is 0 Å². The molecule has 3 rings (SSSR count). The maximum atomic E-state index is 5.47. The molecule has 0 spiro atoms. The van der Waals surface area contributed by atoms with Crippen LogP contribution in [0.1, 0.15) is 119 Å². The summed E-state index contributed by atoms with van der Waals surface area (Å²) in [5, 5.41) is 0. The number of unbranched alkanes of at least 4 members (excludes halogenated alkanes) is 12. The van der Waals surface area contributed by atoms with Gasteiger partial charge in [-0.1, -0.05) is 125 Å². The van der Waals surface area contributed by atoms with E-state index in [9.17, 15) is 0 Å². The lowest BCUT2D eigenvalue weighted by atomic mass is 9.93. The van der Waals surface area contributed by atoms with Gasteiger partial charge in [0.05, 0.1) is 6.61 Å². The highest BCUT2D eigenvalue weighted by atomic mass is 17.2. The molecule has 0 N–H and O–H groups in total. The first-order valence-electron chi connectivity index (χ1n) is 14.7. The Kier molecular flexibility index (Phi) is 14.1. The van der Waals surface area contributed by atoms with Gasteiger partial charge < -0.3 is 4.89 Å². The molecule has 1 aliphatic heterocycles. The van der Waals surface area contributed by atoms with Gasteiger partial charge in [0, 0.05) is 12.0 Å². The number of rotatable bonds is 18. The van der Waals surface area contributed by atoms with E-state index < -0.39 is 0 Å². The second-order valence-corrected chi connectivity index (χ2v) is 10.2. The van der Waals surface area contributed by atoms with Crippen LogP contribution in [0.15, 0.2) is 54.6 Å². The quantitative estimate of drug-likeness (QED) is 0.0899. The molecule has 36 heavy (non-hydrogen) atoms. The molecule has 196 valence electrons. The minimum atomic E-state index is 0.622. The van der Waals surface area contributed by atoms with Gasteiger partial charge in [-0.2, -0.15) is 4.89 Å². The van der Waals surface area contributed by atoms with Crippen molar-refractivity contribution in [2.45, 2.75) is 110 Å². The van der Waals surface area contributed by atoms with Gasteiger partial charge in [-0.25, -0.2) is 0 Å². The molecule has 0 fully saturated rings. The molecule has 0 bridgehead atoms. The molecule has 0 atom stereocenters. The molecular formula is C34H48O2. The van der Waals surface area contributed by atoms with E-state index in [0.29, 0.717) is 6.61 Å². The zero-order valence-electron chi connectivity index (χ0n) is 22.7. The van der Waals surface area contributed by atoms with E-state index in [1.165, 1.54) is 112 Å². The minimum absolute atomic E-state index is 0.622. The van der Waals surface area contributed by atoms with Crippen LogP contribution >= 0.6 is 0 Å². The summed E-state index contributed by atoms with van der Waals surface area (Å²) in [6, 6.07) is 14.9. The molecule has 2 heteroatoms. The van der Waals surface area contributed by atoms with Gasteiger partial charge in [0.2, 0.25) is 0 Å². The molecule has 0 aliphatic carbocycles. The number of benzene rings is 2. The molecule has 1 heterocycles. The van der Waals surface area contributed by atoms with E-state index in [-0.39, 0.29) is 0 Å². The van der Waals surface area contributed by atoms with Crippen LogP contribution in [-0.4, -0.2) is 6.61 Å². The zero-order chi connectivity index (χ0) is 25.1. The summed E-state index contributed by atoms with van der Waals surface area (Å²) in [5.74, 6) is 0.874. The second kappa shape index (κ2) is 18.0. The average Bonchev–Trinajstić information content (AvgIpc) is 2.92. The first-order valence-corrected chi connectivity index (χ1v) is 14.7. The maximum absolute atomic E-state index is 5.47. The minimum Gasteiger partial charge on any atom is -0.337 e. The maximum Gasteiger partial charge on any atom is 0.169 e. The van der Waals surface area contributed by atoms with Gasteiger partial charge in [0.1, 0.15) is 0 Å². The van der Waals surface area contributed by atoms with Gasteiger partial charge >= 0.3 is 0 Å².